The van der Waals surface area contributed by atoms with Gasteiger partial charge in [-0.05, 0) is 190 Å². The molecule has 0 aliphatic rings. The van der Waals surface area contributed by atoms with Crippen molar-refractivity contribution in [1.82, 2.24) is 60.0 Å². The van der Waals surface area contributed by atoms with E-state index in [1.165, 1.54) is 141 Å². The molecule has 145 heavy (non-hydrogen) atoms. The van der Waals surface area contributed by atoms with Crippen LogP contribution in [0.4, 0.5) is 35.1 Å². The second kappa shape index (κ2) is 40.5. The standard InChI is InChI=1S/C21H12Cl3NO4S.3C19H12ClF2N3O3S.C18H10ClF2N3O3S/c22-13-6-7-18-17(11-13)19(12-4-2-1-3-5-12)20(21(26)27)25(18)30(28,29)16-9-14(23)8-15(24)10-16;1-10-23-8-12(9-24-10)17-5-11-4-13(20)2-3-16(11)25(17)29(27,28)18-7-14(21)6-15(22)19(18)26;1-10-14(8-23-9-24-10)17-5-11-4-12(20)2-3-16(11)25(17)29(27,28)18-7-13(21)6-15(22)19(18)26;1-10-8-23-9-15(24-10)17-5-11-4-12(20)2-3-16(11)25(17)29(27,28)18-7-13(21)6-14(22)19(18)26;19-12-1-2-15-11(5-12)6-16(10-3-4-22-23-9-10)24(15)28(26,27)17-8-13(20)7-14(21)18(17)25/h1-11H,(H,26,27);3*2-9,26H,1H3;1-9,25H. The zero-order valence-corrected chi connectivity index (χ0v) is 82.5. The zero-order valence-electron chi connectivity index (χ0n) is 73.2. The van der Waals surface area contributed by atoms with E-state index in [2.05, 4.69) is 40.1 Å². The van der Waals surface area contributed by atoms with Crippen LogP contribution in [0.2, 0.25) is 35.2 Å². The lowest BCUT2D eigenvalue weighted by Gasteiger charge is -2.14. The number of hydrogen-bond acceptors (Lipinski definition) is 23. The van der Waals surface area contributed by atoms with Crippen molar-refractivity contribution < 1.29 is 108 Å². The van der Waals surface area contributed by atoms with Gasteiger partial charge in [-0.15, -0.1) is 0 Å². The SMILES string of the molecule is Cc1cncc(-c2cc3cc(Cl)ccc3n2S(=O)(=O)c2cc(F)cc(F)c2O)n1.Cc1ncc(-c2cc3cc(Cl)ccc3n2S(=O)(=O)c2cc(F)cc(F)c2O)cn1.Cc1ncncc1-c1cc2cc(Cl)ccc2n1S(=O)(=O)c1cc(F)cc(F)c1O.O=C(O)c1c(-c2ccccc2)c2cc(Cl)ccc2n1S(=O)(=O)c1cc(Cl)cc(Cl)c1.O=S(=O)(c1cc(F)cc(F)c1O)n1c(-c2ccnnc2)cc2cc(Cl)ccc21. The Bertz CT molecular complexity index is 9340. The molecule has 0 saturated heterocycles. The lowest BCUT2D eigenvalue weighted by atomic mass is 10.0. The number of benzene rings is 11. The van der Waals surface area contributed by atoms with Gasteiger partial charge in [-0.2, -0.15) is 10.2 Å². The molecule has 0 spiro atoms. The molecule has 0 unspecified atom stereocenters. The van der Waals surface area contributed by atoms with Crippen LogP contribution in [0.3, 0.4) is 0 Å². The maximum Gasteiger partial charge on any atom is 0.354 e. The van der Waals surface area contributed by atoms with Crippen LogP contribution in [-0.2, 0) is 50.1 Å². The summed E-state index contributed by atoms with van der Waals surface area (Å²) in [5, 5.41) is 61.7. The number of phenolic OH excluding ortho intramolecular Hbond substituents is 4. The third-order valence-corrected chi connectivity index (χ3v) is 31.9. The fraction of sp³-hybridized carbons (Fsp3) is 0.0312. The summed E-state index contributed by atoms with van der Waals surface area (Å²) in [5.41, 5.74) is 4.30. The minimum Gasteiger partial charge on any atom is -0.504 e. The van der Waals surface area contributed by atoms with Gasteiger partial charge in [0.15, 0.2) is 52.0 Å². The first kappa shape index (κ1) is 103. The molecule has 0 bridgehead atoms. The fourth-order valence-corrected chi connectivity index (χ4v) is 25.0. The first-order chi connectivity index (χ1) is 68.5. The van der Waals surface area contributed by atoms with Gasteiger partial charge in [-0.1, -0.05) is 112 Å². The number of aromatic carboxylic acids is 1. The average Bonchev–Trinajstić information content (AvgIpc) is 1.59. The van der Waals surface area contributed by atoms with Gasteiger partial charge in [-0.25, -0.2) is 127 Å². The Morgan fingerprint density at radius 3 is 1.12 bits per heavy atom. The number of hydrogen-bond donors (Lipinski definition) is 5. The van der Waals surface area contributed by atoms with E-state index in [4.69, 9.17) is 81.2 Å². The molecule has 49 heteroatoms. The molecule has 11 aromatic carbocycles. The van der Waals surface area contributed by atoms with E-state index in [1.807, 2.05) is 0 Å². The van der Waals surface area contributed by atoms with Crippen LogP contribution in [0.1, 0.15) is 27.7 Å². The number of halogens is 15. The van der Waals surface area contributed by atoms with E-state index in [0.717, 1.165) is 19.9 Å². The van der Waals surface area contributed by atoms with Gasteiger partial charge in [-0.3, -0.25) is 4.98 Å². The minimum absolute atomic E-state index is 0.0996. The van der Waals surface area contributed by atoms with Crippen LogP contribution in [0.5, 0.6) is 23.0 Å². The average molecular weight is 2210 g/mol. The molecule has 0 radical (unpaired) electrons. The fourth-order valence-electron chi connectivity index (χ4n) is 15.4. The maximum atomic E-state index is 13.9. The molecule has 0 amide bonds. The van der Waals surface area contributed by atoms with Crippen molar-refractivity contribution in [3.8, 4) is 79.3 Å². The first-order valence-corrected chi connectivity index (χ1v) is 50.8. The molecule has 0 atom stereocenters. The zero-order chi connectivity index (χ0) is 104. The third kappa shape index (κ3) is 20.3. The normalized spacial score (nSPS) is 11.8. The van der Waals surface area contributed by atoms with Crippen molar-refractivity contribution in [2.24, 2.45) is 0 Å². The van der Waals surface area contributed by atoms with Crippen molar-refractivity contribution >= 4 is 192 Å². The van der Waals surface area contributed by atoms with Gasteiger partial charge in [0, 0.05) is 133 Å². The number of aromatic nitrogens is 13. The Hall–Kier alpha value is -14.7. The summed E-state index contributed by atoms with van der Waals surface area (Å²) >= 11 is 42.2. The number of carbonyl (C=O) groups is 1. The highest BCUT2D eigenvalue weighted by Crippen LogP contribution is 2.46. The number of nitrogens with zero attached hydrogens (tertiary/aromatic N) is 13. The van der Waals surface area contributed by atoms with Crippen molar-refractivity contribution in [3.05, 3.63) is 373 Å². The van der Waals surface area contributed by atoms with E-state index in [9.17, 15) is 108 Å². The molecule has 0 saturated carbocycles. The molecule has 20 aromatic rings. The van der Waals surface area contributed by atoms with Crippen LogP contribution in [0.25, 0.3) is 111 Å². The predicted molar refractivity (Wildman–Crippen MR) is 527 cm³/mol. The summed E-state index contributed by atoms with van der Waals surface area (Å²) < 4.78 is 249. The maximum absolute atomic E-state index is 13.9. The second-order valence-electron chi connectivity index (χ2n) is 31.1. The molecule has 9 aromatic heterocycles. The molecular weight excluding hydrogens is 2150 g/mol. The van der Waals surface area contributed by atoms with E-state index in [0.29, 0.717) is 140 Å². The number of rotatable bonds is 16. The molecule has 5 N–H and O–H groups in total. The number of aryl methyl sites for hydroxylation is 3. The van der Waals surface area contributed by atoms with Crippen LogP contribution in [-0.4, -0.2) is 134 Å². The number of phenols is 4. The number of carboxylic acid groups (broad SMARTS) is 1. The Labute approximate surface area is 849 Å². The molecular formula is C96H58Cl7F8N13O16S5. The van der Waals surface area contributed by atoms with Gasteiger partial charge in [0.2, 0.25) is 0 Å². The van der Waals surface area contributed by atoms with Crippen LogP contribution < -0.4 is 0 Å². The van der Waals surface area contributed by atoms with Crippen LogP contribution in [0, 0.1) is 67.3 Å². The van der Waals surface area contributed by atoms with Gasteiger partial charge < -0.3 is 25.5 Å². The first-order valence-electron chi connectivity index (χ1n) is 41.0. The largest absolute Gasteiger partial charge is 0.504 e. The molecule has 0 aliphatic carbocycles. The minimum atomic E-state index is -4.63. The van der Waals surface area contributed by atoms with E-state index in [1.54, 1.807) is 99.6 Å². The summed E-state index contributed by atoms with van der Waals surface area (Å²) in [5.74, 6) is -15.7. The molecule has 29 nitrogen and oxygen atoms in total. The lowest BCUT2D eigenvalue weighted by Crippen LogP contribution is -2.19. The topological polar surface area (TPSA) is 417 Å². The van der Waals surface area contributed by atoms with Crippen LogP contribution in [0.15, 0.2) is 293 Å². The van der Waals surface area contributed by atoms with E-state index >= 15 is 0 Å². The smallest absolute Gasteiger partial charge is 0.354 e. The summed E-state index contributed by atoms with van der Waals surface area (Å²) in [6, 6.07) is 46.5. The van der Waals surface area contributed by atoms with Gasteiger partial charge in [0.1, 0.15) is 60.7 Å². The summed E-state index contributed by atoms with van der Waals surface area (Å²) in [6.07, 6.45) is 11.2. The molecule has 9 heterocycles. The van der Waals surface area contributed by atoms with Gasteiger partial charge in [0.05, 0.1) is 85.2 Å². The second-order valence-corrected chi connectivity index (χ2v) is 43.0. The van der Waals surface area contributed by atoms with Gasteiger partial charge >= 0.3 is 5.97 Å². The Morgan fingerprint density at radius 2 is 0.724 bits per heavy atom. The highest BCUT2D eigenvalue weighted by Gasteiger charge is 2.37. The van der Waals surface area contributed by atoms with Gasteiger partial charge in [0.25, 0.3) is 50.1 Å². The van der Waals surface area contributed by atoms with E-state index in [-0.39, 0.29) is 76.6 Å². The molecule has 0 fully saturated rings. The number of aromatic hydroxyl groups is 4. The lowest BCUT2D eigenvalue weighted by molar-refractivity contribution is 0.0690. The summed E-state index contributed by atoms with van der Waals surface area (Å²) in [4.78, 5) is 32.9. The molecule has 738 valence electrons. The van der Waals surface area contributed by atoms with E-state index < -0.39 is 151 Å². The quantitative estimate of drug-likeness (QED) is 0.0561. The summed E-state index contributed by atoms with van der Waals surface area (Å²) in [6.45, 7) is 5.02. The Kier molecular flexibility index (Phi) is 28.8. The van der Waals surface area contributed by atoms with Crippen LogP contribution >= 0.6 is 81.2 Å². The predicted octanol–water partition coefficient (Wildman–Crippen LogP) is 23.0. The Balaban J connectivity index is 0.000000130. The van der Waals surface area contributed by atoms with Crippen molar-refractivity contribution in [1.29, 1.82) is 0 Å². The third-order valence-electron chi connectivity index (χ3n) is 21.6. The highest BCUT2D eigenvalue weighted by atomic mass is 35.5. The van der Waals surface area contributed by atoms with Crippen molar-refractivity contribution in [2.45, 2.75) is 45.2 Å². The monoisotopic (exact) mass is 2210 g/mol. The number of carboxylic acids is 1. The van der Waals surface area contributed by atoms with Crippen molar-refractivity contribution in [3.63, 3.8) is 0 Å². The number of fused-ring (bicyclic) bond motifs is 5. The van der Waals surface area contributed by atoms with Crippen molar-refractivity contribution in [2.75, 3.05) is 0 Å². The highest BCUT2D eigenvalue weighted by molar-refractivity contribution is 7.91. The molecule has 0 aliphatic heterocycles. The summed E-state index contributed by atoms with van der Waals surface area (Å²) in [7, 11) is -22.8. The molecule has 20 rings (SSSR count). The Morgan fingerprint density at radius 1 is 0.338 bits per heavy atom.